The van der Waals surface area contributed by atoms with E-state index in [1.54, 1.807) is 0 Å². The maximum atomic E-state index is 11.3. The monoisotopic (exact) mass is 758 g/mol. The SMILES string of the molecule is C[C@@H]1O[C@@H](OC[C@H]2O[C@@H](OC3=C(c4ccc(O)cc4)Oc4cc(O)c(O[C@@H]5O[C@H](CO)[C@@H](O)[C@H](O)[C@H]5O)c(O)c4C3)[C@H](O)[C@@H](O)[C@@H]2O)[C@H](O)[C@H](O)[C@H]1O. The van der Waals surface area contributed by atoms with Gasteiger partial charge in [0.2, 0.25) is 18.3 Å². The second-order valence-corrected chi connectivity index (χ2v) is 13.1. The van der Waals surface area contributed by atoms with Crippen LogP contribution in [-0.2, 0) is 30.1 Å². The summed E-state index contributed by atoms with van der Waals surface area (Å²) in [6, 6.07) is 6.56. The molecule has 0 radical (unpaired) electrons. The lowest BCUT2D eigenvalue weighted by Gasteiger charge is -2.42. The molecule has 53 heavy (non-hydrogen) atoms. The van der Waals surface area contributed by atoms with Crippen LogP contribution in [-0.4, -0.2) is 172 Å². The number of ether oxygens (including phenoxy) is 7. The van der Waals surface area contributed by atoms with E-state index < -0.39 is 129 Å². The fraction of sp³-hybridized carbons (Fsp3) is 0.576. The molecule has 6 rings (SSSR count). The molecule has 0 aliphatic carbocycles. The van der Waals surface area contributed by atoms with Crippen LogP contribution in [0.15, 0.2) is 36.1 Å². The van der Waals surface area contributed by atoms with Gasteiger partial charge >= 0.3 is 0 Å². The minimum absolute atomic E-state index is 0.0663. The van der Waals surface area contributed by atoms with E-state index in [0.717, 1.165) is 6.07 Å². The Labute approximate surface area is 300 Å². The number of aliphatic hydroxyl groups excluding tert-OH is 10. The first-order chi connectivity index (χ1) is 25.1. The highest BCUT2D eigenvalue weighted by atomic mass is 16.7. The molecule has 2 aromatic carbocycles. The molecule has 0 saturated carbocycles. The summed E-state index contributed by atoms with van der Waals surface area (Å²) in [7, 11) is 0. The van der Waals surface area contributed by atoms with Crippen molar-refractivity contribution in [2.75, 3.05) is 13.2 Å². The van der Waals surface area contributed by atoms with Crippen LogP contribution in [0, 0.1) is 0 Å². The summed E-state index contributed by atoms with van der Waals surface area (Å²) in [6.07, 6.45) is -24.9. The molecule has 20 heteroatoms. The number of aromatic hydroxyl groups is 3. The van der Waals surface area contributed by atoms with E-state index in [4.69, 9.17) is 33.2 Å². The average Bonchev–Trinajstić information content (AvgIpc) is 3.14. The van der Waals surface area contributed by atoms with Gasteiger partial charge in [-0.2, -0.15) is 0 Å². The third kappa shape index (κ3) is 7.57. The molecule has 2 aromatic rings. The molecule has 0 unspecified atom stereocenters. The maximum Gasteiger partial charge on any atom is 0.229 e. The first-order valence-corrected chi connectivity index (χ1v) is 16.5. The summed E-state index contributed by atoms with van der Waals surface area (Å²) < 4.78 is 39.6. The molecule has 3 saturated heterocycles. The van der Waals surface area contributed by atoms with Crippen molar-refractivity contribution in [3.8, 4) is 28.7 Å². The standard InChI is InChI=1S/C33H42O20/c1-10-19(37)23(41)26(44)31(48-10)47-9-18-22(40)25(43)27(45)32(52-18)50-16-6-13-15(49-29(16)11-2-4-12(35)5-3-11)7-14(36)30(20(13)38)53-33-28(46)24(42)21(39)17(8-34)51-33/h2-5,7,10,17-19,21-28,31-46H,6,8-9H2,1H3/t10-,17+,18+,19-,21+,22+,23+,24-,25-,26+,27+,28+,31+,32+,33-/m0/s1. The number of allylic oxidation sites excluding steroid dienone is 1. The lowest BCUT2D eigenvalue weighted by atomic mass is 9.98. The number of fused-ring (bicyclic) bond motifs is 1. The van der Waals surface area contributed by atoms with E-state index in [9.17, 15) is 66.4 Å². The third-order valence-electron chi connectivity index (χ3n) is 9.47. The molecule has 4 heterocycles. The van der Waals surface area contributed by atoms with E-state index in [1.165, 1.54) is 31.2 Å². The van der Waals surface area contributed by atoms with Crippen molar-refractivity contribution in [2.45, 2.75) is 105 Å². The lowest BCUT2D eigenvalue weighted by Crippen LogP contribution is -2.61. The normalized spacial score (nSPS) is 38.9. The van der Waals surface area contributed by atoms with Gasteiger partial charge in [-0.1, -0.05) is 0 Å². The molecule has 0 spiro atoms. The molecule has 0 amide bonds. The van der Waals surface area contributed by atoms with Gasteiger partial charge in [0.1, 0.15) is 84.4 Å². The van der Waals surface area contributed by atoms with Gasteiger partial charge in [0.15, 0.2) is 23.5 Å². The molecule has 20 nitrogen and oxygen atoms in total. The summed E-state index contributed by atoms with van der Waals surface area (Å²) >= 11 is 0. The van der Waals surface area contributed by atoms with Crippen molar-refractivity contribution in [1.82, 2.24) is 0 Å². The fourth-order valence-corrected chi connectivity index (χ4v) is 6.28. The van der Waals surface area contributed by atoms with Crippen LogP contribution in [0.25, 0.3) is 5.76 Å². The lowest BCUT2D eigenvalue weighted by molar-refractivity contribution is -0.324. The summed E-state index contributed by atoms with van der Waals surface area (Å²) in [5.74, 6) is -2.60. The van der Waals surface area contributed by atoms with E-state index in [0.29, 0.717) is 0 Å². The van der Waals surface area contributed by atoms with Crippen molar-refractivity contribution >= 4 is 5.76 Å². The first-order valence-electron chi connectivity index (χ1n) is 16.5. The smallest absolute Gasteiger partial charge is 0.229 e. The Morgan fingerprint density at radius 1 is 0.660 bits per heavy atom. The van der Waals surface area contributed by atoms with Crippen molar-refractivity contribution in [2.24, 2.45) is 0 Å². The zero-order valence-electron chi connectivity index (χ0n) is 27.8. The Balaban J connectivity index is 1.27. The Hall–Kier alpha value is -3.58. The molecular formula is C33H42O20. The summed E-state index contributed by atoms with van der Waals surface area (Å²) in [5, 5.41) is 135. The first kappa shape index (κ1) is 39.1. The van der Waals surface area contributed by atoms with Gasteiger partial charge in [0.05, 0.1) is 19.3 Å². The maximum absolute atomic E-state index is 11.3. The highest BCUT2D eigenvalue weighted by molar-refractivity contribution is 5.72. The summed E-state index contributed by atoms with van der Waals surface area (Å²) in [5.41, 5.74) is 0.192. The van der Waals surface area contributed by atoms with Gasteiger partial charge in [-0.25, -0.2) is 0 Å². The number of phenols is 3. The molecule has 0 bridgehead atoms. The predicted octanol–water partition coefficient (Wildman–Crippen LogP) is -4.05. The number of hydrogen-bond acceptors (Lipinski definition) is 20. The average molecular weight is 759 g/mol. The van der Waals surface area contributed by atoms with Gasteiger partial charge in [-0.05, 0) is 31.2 Å². The number of phenolic OH excluding ortho intramolecular Hbond substituents is 3. The van der Waals surface area contributed by atoms with Gasteiger partial charge < -0.3 is 99.5 Å². The topological polar surface area (TPSA) is 328 Å². The number of hydrogen-bond donors (Lipinski definition) is 13. The zero-order chi connectivity index (χ0) is 38.5. The van der Waals surface area contributed by atoms with E-state index >= 15 is 0 Å². The quantitative estimate of drug-likeness (QED) is 0.116. The van der Waals surface area contributed by atoms with E-state index in [1.807, 2.05) is 0 Å². The Bertz CT molecular complexity index is 1620. The molecule has 13 N–H and O–H groups in total. The number of rotatable bonds is 9. The van der Waals surface area contributed by atoms with Crippen molar-refractivity contribution in [3.05, 3.63) is 47.2 Å². The molecule has 4 aliphatic rings. The van der Waals surface area contributed by atoms with Crippen LogP contribution in [0.4, 0.5) is 0 Å². The Morgan fingerprint density at radius 2 is 1.23 bits per heavy atom. The number of aliphatic hydroxyl groups is 10. The van der Waals surface area contributed by atoms with Crippen molar-refractivity contribution < 1.29 is 99.5 Å². The molecule has 294 valence electrons. The van der Waals surface area contributed by atoms with Gasteiger partial charge in [-0.3, -0.25) is 0 Å². The summed E-state index contributed by atoms with van der Waals surface area (Å²) in [6.45, 7) is 0.0757. The van der Waals surface area contributed by atoms with Crippen LogP contribution in [0.5, 0.6) is 28.7 Å². The molecule has 15 atom stereocenters. The van der Waals surface area contributed by atoms with E-state index in [2.05, 4.69) is 0 Å². The third-order valence-corrected chi connectivity index (χ3v) is 9.47. The van der Waals surface area contributed by atoms with E-state index in [-0.39, 0.29) is 34.1 Å². The van der Waals surface area contributed by atoms with Crippen LogP contribution >= 0.6 is 0 Å². The highest BCUT2D eigenvalue weighted by Gasteiger charge is 2.49. The minimum atomic E-state index is -1.90. The Morgan fingerprint density at radius 3 is 1.87 bits per heavy atom. The van der Waals surface area contributed by atoms with Crippen LogP contribution < -0.4 is 9.47 Å². The second-order valence-electron chi connectivity index (χ2n) is 13.1. The molecule has 0 aromatic heterocycles. The second kappa shape index (κ2) is 15.6. The zero-order valence-corrected chi connectivity index (χ0v) is 27.8. The largest absolute Gasteiger partial charge is 0.508 e. The van der Waals surface area contributed by atoms with Gasteiger partial charge in [0, 0.05) is 23.6 Å². The Kier molecular flexibility index (Phi) is 11.5. The number of benzene rings is 2. The van der Waals surface area contributed by atoms with Crippen LogP contribution in [0.1, 0.15) is 18.1 Å². The highest BCUT2D eigenvalue weighted by Crippen LogP contribution is 2.50. The van der Waals surface area contributed by atoms with Gasteiger partial charge in [-0.15, -0.1) is 0 Å². The molecule has 3 fully saturated rings. The van der Waals surface area contributed by atoms with Crippen LogP contribution in [0.2, 0.25) is 0 Å². The molecule has 4 aliphatic heterocycles. The predicted molar refractivity (Wildman–Crippen MR) is 170 cm³/mol. The van der Waals surface area contributed by atoms with Crippen molar-refractivity contribution in [3.63, 3.8) is 0 Å². The minimum Gasteiger partial charge on any atom is -0.508 e. The van der Waals surface area contributed by atoms with Crippen LogP contribution in [0.3, 0.4) is 0 Å². The fourth-order valence-electron chi connectivity index (χ4n) is 6.28. The van der Waals surface area contributed by atoms with Crippen molar-refractivity contribution in [1.29, 1.82) is 0 Å². The summed E-state index contributed by atoms with van der Waals surface area (Å²) in [4.78, 5) is 0. The van der Waals surface area contributed by atoms with Gasteiger partial charge in [0.25, 0.3) is 0 Å². The molecular weight excluding hydrogens is 716 g/mol.